The predicted octanol–water partition coefficient (Wildman–Crippen LogP) is 2.57. The third kappa shape index (κ3) is 0.580. The summed E-state index contributed by atoms with van der Waals surface area (Å²) in [5.74, 6) is 0. The van der Waals surface area contributed by atoms with Gasteiger partial charge in [0.05, 0.1) is 12.5 Å². The van der Waals surface area contributed by atoms with E-state index in [1.165, 1.54) is 0 Å². The molecule has 0 unspecified atom stereocenters. The quantitative estimate of drug-likeness (QED) is 0.506. The van der Waals surface area contributed by atoms with Gasteiger partial charge in [0.2, 0.25) is 5.58 Å². The van der Waals surface area contributed by atoms with Crippen LogP contribution in [-0.4, -0.2) is 5.16 Å². The molecule has 0 saturated carbocycles. The van der Waals surface area contributed by atoms with Crippen molar-refractivity contribution in [3.8, 4) is 0 Å². The number of aromatic nitrogens is 1. The molecule has 3 rings (SSSR count). The highest BCUT2D eigenvalue weighted by Crippen LogP contribution is 2.25. The number of nitrogens with zero attached hydrogens (tertiary/aromatic N) is 1. The third-order valence-electron chi connectivity index (χ3n) is 1.94. The maximum Gasteiger partial charge on any atom is 0.209 e. The van der Waals surface area contributed by atoms with Crippen molar-refractivity contribution < 1.29 is 8.94 Å². The molecule has 3 aromatic rings. The Balaban J connectivity index is 2.71. The molecule has 0 radical (unpaired) electrons. The Bertz CT molecular complexity index is 486. The van der Waals surface area contributed by atoms with Crippen LogP contribution >= 0.6 is 0 Å². The van der Waals surface area contributed by atoms with Crippen LogP contribution in [0.4, 0.5) is 0 Å². The maximum atomic E-state index is 5.26. The molecule has 0 bridgehead atoms. The Labute approximate surface area is 67.6 Å². The summed E-state index contributed by atoms with van der Waals surface area (Å²) < 4.78 is 10.3. The van der Waals surface area contributed by atoms with Crippen LogP contribution in [0.5, 0.6) is 0 Å². The van der Waals surface area contributed by atoms with Crippen molar-refractivity contribution in [3.63, 3.8) is 0 Å². The summed E-state index contributed by atoms with van der Waals surface area (Å²) in [4.78, 5) is 0. The second-order valence-corrected chi connectivity index (χ2v) is 2.65. The molecule has 3 nitrogen and oxygen atoms in total. The Hall–Kier alpha value is -1.77. The van der Waals surface area contributed by atoms with Crippen molar-refractivity contribution in [1.82, 2.24) is 5.16 Å². The van der Waals surface area contributed by atoms with Crippen molar-refractivity contribution in [2.75, 3.05) is 0 Å². The molecule has 0 spiro atoms. The molecular formula is C9H5NO2. The van der Waals surface area contributed by atoms with Crippen molar-refractivity contribution in [1.29, 1.82) is 0 Å². The van der Waals surface area contributed by atoms with Gasteiger partial charge in [-0.15, -0.1) is 0 Å². The van der Waals surface area contributed by atoms with Gasteiger partial charge < -0.3 is 8.94 Å². The second-order valence-electron chi connectivity index (χ2n) is 2.65. The molecule has 0 saturated heterocycles. The van der Waals surface area contributed by atoms with Gasteiger partial charge in [0, 0.05) is 10.8 Å². The molecule has 0 aliphatic heterocycles. The molecule has 2 aromatic heterocycles. The van der Waals surface area contributed by atoms with Gasteiger partial charge >= 0.3 is 0 Å². The minimum Gasteiger partial charge on any atom is -0.460 e. The van der Waals surface area contributed by atoms with E-state index in [4.69, 9.17) is 8.94 Å². The molecular weight excluding hydrogens is 154 g/mol. The molecule has 3 heteroatoms. The molecule has 0 N–H and O–H groups in total. The van der Waals surface area contributed by atoms with E-state index in [9.17, 15) is 0 Å². The van der Waals surface area contributed by atoms with Gasteiger partial charge in [-0.1, -0.05) is 11.2 Å². The van der Waals surface area contributed by atoms with Crippen LogP contribution in [0.15, 0.2) is 39.6 Å². The maximum absolute atomic E-state index is 5.26. The molecule has 1 aromatic carbocycles. The molecule has 0 aliphatic rings. The summed E-state index contributed by atoms with van der Waals surface area (Å²) in [6.07, 6.45) is 3.32. The van der Waals surface area contributed by atoms with E-state index in [-0.39, 0.29) is 0 Å². The molecule has 2 heterocycles. The standard InChI is InChI=1S/C9H5NO2/c1-2-7-5-10-12-9(7)8-6(1)3-4-11-8/h1-5H. The first-order chi connectivity index (χ1) is 5.95. The number of fused-ring (bicyclic) bond motifs is 3. The third-order valence-corrected chi connectivity index (χ3v) is 1.94. The molecule has 0 fully saturated rings. The molecule has 0 aliphatic carbocycles. The van der Waals surface area contributed by atoms with E-state index >= 15 is 0 Å². The number of furan rings is 1. The van der Waals surface area contributed by atoms with Crippen LogP contribution in [0, 0.1) is 0 Å². The summed E-state index contributed by atoms with van der Waals surface area (Å²) in [5.41, 5.74) is 1.49. The van der Waals surface area contributed by atoms with E-state index in [2.05, 4.69) is 5.16 Å². The van der Waals surface area contributed by atoms with E-state index < -0.39 is 0 Å². The van der Waals surface area contributed by atoms with Crippen LogP contribution in [-0.2, 0) is 0 Å². The smallest absolute Gasteiger partial charge is 0.209 e. The minimum atomic E-state index is 0.720. The summed E-state index contributed by atoms with van der Waals surface area (Å²) in [7, 11) is 0. The Morgan fingerprint density at radius 3 is 2.92 bits per heavy atom. The number of benzene rings is 1. The first kappa shape index (κ1) is 5.83. The fourth-order valence-corrected chi connectivity index (χ4v) is 1.35. The number of rotatable bonds is 0. The lowest BCUT2D eigenvalue weighted by molar-refractivity contribution is 0.453. The van der Waals surface area contributed by atoms with Crippen LogP contribution in [0.25, 0.3) is 21.9 Å². The fourth-order valence-electron chi connectivity index (χ4n) is 1.35. The van der Waals surface area contributed by atoms with Gasteiger partial charge in [0.25, 0.3) is 0 Å². The zero-order valence-electron chi connectivity index (χ0n) is 6.15. The van der Waals surface area contributed by atoms with Crippen molar-refractivity contribution >= 4 is 21.9 Å². The van der Waals surface area contributed by atoms with E-state index in [0.717, 1.165) is 21.9 Å². The van der Waals surface area contributed by atoms with Crippen molar-refractivity contribution in [2.24, 2.45) is 0 Å². The predicted molar refractivity (Wildman–Crippen MR) is 43.8 cm³/mol. The van der Waals surface area contributed by atoms with Gasteiger partial charge in [0.1, 0.15) is 0 Å². The number of hydrogen-bond acceptors (Lipinski definition) is 3. The van der Waals surface area contributed by atoms with E-state index in [1.54, 1.807) is 12.5 Å². The van der Waals surface area contributed by atoms with Gasteiger partial charge in [-0.25, -0.2) is 0 Å². The lowest BCUT2D eigenvalue weighted by Gasteiger charge is -1.86. The Morgan fingerprint density at radius 2 is 1.92 bits per heavy atom. The van der Waals surface area contributed by atoms with Crippen LogP contribution < -0.4 is 0 Å². The average Bonchev–Trinajstić information content (AvgIpc) is 2.71. The lowest BCUT2D eigenvalue weighted by Crippen LogP contribution is -1.64. The molecule has 12 heavy (non-hydrogen) atoms. The first-order valence-corrected chi connectivity index (χ1v) is 3.66. The van der Waals surface area contributed by atoms with Gasteiger partial charge in [-0.3, -0.25) is 0 Å². The average molecular weight is 159 g/mol. The lowest BCUT2D eigenvalue weighted by atomic mass is 10.2. The van der Waals surface area contributed by atoms with E-state index in [0.29, 0.717) is 0 Å². The first-order valence-electron chi connectivity index (χ1n) is 3.66. The van der Waals surface area contributed by atoms with Gasteiger partial charge in [-0.2, -0.15) is 0 Å². The van der Waals surface area contributed by atoms with Crippen molar-refractivity contribution in [3.05, 3.63) is 30.7 Å². The zero-order valence-corrected chi connectivity index (χ0v) is 6.15. The highest BCUT2D eigenvalue weighted by atomic mass is 16.5. The molecule has 0 atom stereocenters. The molecule has 0 amide bonds. The summed E-state index contributed by atoms with van der Waals surface area (Å²) >= 11 is 0. The van der Waals surface area contributed by atoms with Crippen LogP contribution in [0.3, 0.4) is 0 Å². The van der Waals surface area contributed by atoms with Crippen LogP contribution in [0.1, 0.15) is 0 Å². The summed E-state index contributed by atoms with van der Waals surface area (Å²) in [6.45, 7) is 0. The van der Waals surface area contributed by atoms with Gasteiger partial charge in [0.15, 0.2) is 5.58 Å². The zero-order chi connectivity index (χ0) is 7.97. The second kappa shape index (κ2) is 1.88. The fraction of sp³-hybridized carbons (Fsp3) is 0. The van der Waals surface area contributed by atoms with Crippen LogP contribution in [0.2, 0.25) is 0 Å². The SMILES string of the molecule is c1cc2ccc3cnoc3c2o1. The largest absolute Gasteiger partial charge is 0.460 e. The summed E-state index contributed by atoms with van der Waals surface area (Å²) in [5, 5.41) is 5.71. The topological polar surface area (TPSA) is 39.2 Å². The Morgan fingerprint density at radius 1 is 1.00 bits per heavy atom. The van der Waals surface area contributed by atoms with Gasteiger partial charge in [-0.05, 0) is 12.1 Å². The monoisotopic (exact) mass is 159 g/mol. The number of hydrogen-bond donors (Lipinski definition) is 0. The van der Waals surface area contributed by atoms with E-state index in [1.807, 2.05) is 18.2 Å². The highest BCUT2D eigenvalue weighted by Gasteiger charge is 2.05. The highest BCUT2D eigenvalue weighted by molar-refractivity contribution is 6.00. The Kier molecular flexibility index (Phi) is 0.913. The molecule has 58 valence electrons. The minimum absolute atomic E-state index is 0.720. The van der Waals surface area contributed by atoms with Crippen molar-refractivity contribution in [2.45, 2.75) is 0 Å². The summed E-state index contributed by atoms with van der Waals surface area (Å²) in [6, 6.07) is 5.85. The normalized spacial score (nSPS) is 11.3.